The Morgan fingerprint density at radius 2 is 2.11 bits per heavy atom. The molecule has 2 N–H and O–H groups in total. The molecule has 0 amide bonds. The van der Waals surface area contributed by atoms with Crippen molar-refractivity contribution in [1.29, 1.82) is 0 Å². The van der Waals surface area contributed by atoms with E-state index in [9.17, 15) is 0 Å². The van der Waals surface area contributed by atoms with Gasteiger partial charge in [0.25, 0.3) is 0 Å². The van der Waals surface area contributed by atoms with E-state index in [0.717, 1.165) is 35.1 Å². The molecule has 0 aliphatic carbocycles. The Hall–Kier alpha value is -1.97. The lowest BCUT2D eigenvalue weighted by Crippen LogP contribution is -2.08. The smallest absolute Gasteiger partial charge is 0.131 e. The van der Waals surface area contributed by atoms with Gasteiger partial charge in [0, 0.05) is 18.0 Å². The number of nitrogens with two attached hydrogens (primary N) is 1. The van der Waals surface area contributed by atoms with E-state index in [0.29, 0.717) is 6.04 Å². The third kappa shape index (κ3) is 2.43. The van der Waals surface area contributed by atoms with Gasteiger partial charge in [-0.3, -0.25) is 0 Å². The summed E-state index contributed by atoms with van der Waals surface area (Å²) in [6.07, 6.45) is 0.867. The molecule has 2 rings (SSSR count). The number of hydrogen-bond donors (Lipinski definition) is 1. The Balaban J connectivity index is 2.56. The molecule has 0 aliphatic rings. The van der Waals surface area contributed by atoms with Crippen molar-refractivity contribution in [2.24, 2.45) is 0 Å². The van der Waals surface area contributed by atoms with Crippen LogP contribution < -0.4 is 10.5 Å². The summed E-state index contributed by atoms with van der Waals surface area (Å²) in [7, 11) is 1.66. The van der Waals surface area contributed by atoms with Crippen LogP contribution in [-0.2, 0) is 6.42 Å². The van der Waals surface area contributed by atoms with Crippen LogP contribution >= 0.6 is 0 Å². The number of ether oxygens (including phenoxy) is 1. The van der Waals surface area contributed by atoms with Gasteiger partial charge in [-0.2, -0.15) is 0 Å². The number of rotatable bonds is 4. The van der Waals surface area contributed by atoms with Crippen LogP contribution in [0.3, 0.4) is 0 Å². The largest absolute Gasteiger partial charge is 0.497 e. The van der Waals surface area contributed by atoms with Gasteiger partial charge in [-0.25, -0.2) is 4.98 Å². The highest BCUT2D eigenvalue weighted by molar-refractivity contribution is 5.72. The third-order valence-electron chi connectivity index (χ3n) is 3.20. The van der Waals surface area contributed by atoms with Gasteiger partial charge in [-0.05, 0) is 26.0 Å². The Kier molecular flexibility index (Phi) is 3.79. The van der Waals surface area contributed by atoms with Crippen molar-refractivity contribution in [3.63, 3.8) is 0 Å². The minimum atomic E-state index is 0.307. The van der Waals surface area contributed by atoms with Crippen LogP contribution in [0.2, 0.25) is 0 Å². The molecule has 4 nitrogen and oxygen atoms in total. The Morgan fingerprint density at radius 3 is 2.63 bits per heavy atom. The molecule has 0 fully saturated rings. The first kappa shape index (κ1) is 13.5. The zero-order valence-corrected chi connectivity index (χ0v) is 12.0. The summed E-state index contributed by atoms with van der Waals surface area (Å²) < 4.78 is 7.34. The van der Waals surface area contributed by atoms with Gasteiger partial charge in [0.15, 0.2) is 0 Å². The summed E-state index contributed by atoms with van der Waals surface area (Å²) in [6, 6.07) is 8.14. The molecule has 0 bridgehead atoms. The quantitative estimate of drug-likeness (QED) is 0.916. The Bertz CT molecular complexity index is 573. The van der Waals surface area contributed by atoms with E-state index in [1.165, 1.54) is 0 Å². The van der Waals surface area contributed by atoms with Crippen LogP contribution in [0.1, 0.15) is 32.6 Å². The summed E-state index contributed by atoms with van der Waals surface area (Å²) in [5.74, 6) is 2.56. The van der Waals surface area contributed by atoms with Crippen molar-refractivity contribution in [3.8, 4) is 17.0 Å². The molecular formula is C15H21N3O. The van der Waals surface area contributed by atoms with Gasteiger partial charge in [0.05, 0.1) is 7.11 Å². The molecule has 0 atom stereocenters. The average Bonchev–Trinajstić information content (AvgIpc) is 2.75. The number of nitrogen functional groups attached to an aromatic ring is 1. The summed E-state index contributed by atoms with van der Waals surface area (Å²) in [5, 5.41) is 0. The van der Waals surface area contributed by atoms with E-state index in [4.69, 9.17) is 10.5 Å². The lowest BCUT2D eigenvalue weighted by molar-refractivity contribution is 0.415. The molecule has 102 valence electrons. The molecule has 19 heavy (non-hydrogen) atoms. The van der Waals surface area contributed by atoms with Crippen LogP contribution in [-0.4, -0.2) is 16.7 Å². The van der Waals surface area contributed by atoms with Gasteiger partial charge in [-0.1, -0.05) is 19.1 Å². The molecule has 0 radical (unpaired) electrons. The number of hydrogen-bond acceptors (Lipinski definition) is 3. The lowest BCUT2D eigenvalue weighted by atomic mass is 10.1. The number of nitrogens with zero attached hydrogens (tertiary/aromatic N) is 2. The second-order valence-electron chi connectivity index (χ2n) is 4.81. The predicted octanol–water partition coefficient (Wildman–Crippen LogP) is 3.28. The Labute approximate surface area is 114 Å². The van der Waals surface area contributed by atoms with Crippen LogP contribution in [0, 0.1) is 0 Å². The van der Waals surface area contributed by atoms with E-state index in [1.807, 2.05) is 24.3 Å². The molecule has 0 unspecified atom stereocenters. The maximum absolute atomic E-state index is 6.26. The van der Waals surface area contributed by atoms with Crippen LogP contribution in [0.4, 0.5) is 5.82 Å². The van der Waals surface area contributed by atoms with Gasteiger partial charge in [-0.15, -0.1) is 0 Å². The van der Waals surface area contributed by atoms with E-state index < -0.39 is 0 Å². The number of aromatic nitrogens is 2. The zero-order valence-electron chi connectivity index (χ0n) is 12.0. The average molecular weight is 259 g/mol. The second kappa shape index (κ2) is 5.34. The summed E-state index contributed by atoms with van der Waals surface area (Å²) >= 11 is 0. The first-order chi connectivity index (χ1) is 9.08. The number of anilines is 1. The SMILES string of the molecule is CCc1nc(-c2cccc(OC)c2)c(N)n1C(C)C. The standard InChI is InChI=1S/C15H21N3O/c1-5-13-17-14(15(16)18(13)10(2)3)11-7-6-8-12(9-11)19-4/h6-10H,5,16H2,1-4H3. The first-order valence-corrected chi connectivity index (χ1v) is 6.59. The van der Waals surface area contributed by atoms with E-state index >= 15 is 0 Å². The van der Waals surface area contributed by atoms with Crippen molar-refractivity contribution in [2.75, 3.05) is 12.8 Å². The summed E-state index contributed by atoms with van der Waals surface area (Å²) in [4.78, 5) is 4.68. The van der Waals surface area contributed by atoms with Crippen LogP contribution in [0.5, 0.6) is 5.75 Å². The van der Waals surface area contributed by atoms with Gasteiger partial charge < -0.3 is 15.0 Å². The molecule has 2 aromatic rings. The highest BCUT2D eigenvalue weighted by Crippen LogP contribution is 2.31. The van der Waals surface area contributed by atoms with Crippen molar-refractivity contribution >= 4 is 5.82 Å². The molecule has 0 aliphatic heterocycles. The number of aryl methyl sites for hydroxylation is 1. The van der Waals surface area contributed by atoms with E-state index in [1.54, 1.807) is 7.11 Å². The van der Waals surface area contributed by atoms with Gasteiger partial charge in [0.2, 0.25) is 0 Å². The molecule has 1 heterocycles. The third-order valence-corrected chi connectivity index (χ3v) is 3.20. The zero-order chi connectivity index (χ0) is 14.0. The monoisotopic (exact) mass is 259 g/mol. The number of imidazole rings is 1. The predicted molar refractivity (Wildman–Crippen MR) is 78.4 cm³/mol. The van der Waals surface area contributed by atoms with Crippen molar-refractivity contribution in [3.05, 3.63) is 30.1 Å². The molecule has 0 spiro atoms. The van der Waals surface area contributed by atoms with Crippen LogP contribution in [0.25, 0.3) is 11.3 Å². The highest BCUT2D eigenvalue weighted by Gasteiger charge is 2.17. The first-order valence-electron chi connectivity index (χ1n) is 6.59. The molecule has 1 aromatic carbocycles. The maximum atomic E-state index is 6.26. The van der Waals surface area contributed by atoms with E-state index in [2.05, 4.69) is 30.3 Å². The highest BCUT2D eigenvalue weighted by atomic mass is 16.5. The Morgan fingerprint density at radius 1 is 1.37 bits per heavy atom. The maximum Gasteiger partial charge on any atom is 0.131 e. The van der Waals surface area contributed by atoms with Crippen molar-refractivity contribution in [1.82, 2.24) is 9.55 Å². The normalized spacial score (nSPS) is 11.0. The van der Waals surface area contributed by atoms with Crippen LogP contribution in [0.15, 0.2) is 24.3 Å². The fourth-order valence-electron chi connectivity index (χ4n) is 2.30. The topological polar surface area (TPSA) is 53.1 Å². The summed E-state index contributed by atoms with van der Waals surface area (Å²) in [6.45, 7) is 6.33. The van der Waals surface area contributed by atoms with Crippen molar-refractivity contribution < 1.29 is 4.74 Å². The van der Waals surface area contributed by atoms with E-state index in [-0.39, 0.29) is 0 Å². The molecule has 0 saturated carbocycles. The fraction of sp³-hybridized carbons (Fsp3) is 0.400. The molecule has 0 saturated heterocycles. The minimum absolute atomic E-state index is 0.307. The van der Waals surface area contributed by atoms with Gasteiger partial charge >= 0.3 is 0 Å². The number of methoxy groups -OCH3 is 1. The molecule has 4 heteroatoms. The molecular weight excluding hydrogens is 238 g/mol. The second-order valence-corrected chi connectivity index (χ2v) is 4.81. The lowest BCUT2D eigenvalue weighted by Gasteiger charge is -2.12. The fourth-order valence-corrected chi connectivity index (χ4v) is 2.30. The van der Waals surface area contributed by atoms with Crippen molar-refractivity contribution in [2.45, 2.75) is 33.2 Å². The number of benzene rings is 1. The summed E-state index contributed by atoms with van der Waals surface area (Å²) in [5.41, 5.74) is 8.09. The van der Waals surface area contributed by atoms with Gasteiger partial charge in [0.1, 0.15) is 23.1 Å². The molecule has 1 aromatic heterocycles. The minimum Gasteiger partial charge on any atom is -0.497 e.